The molecule has 0 spiro atoms. The molecule has 0 unspecified atom stereocenters. The molecule has 36 heavy (non-hydrogen) atoms. The molecular formula is C30H42O6. The van der Waals surface area contributed by atoms with Gasteiger partial charge in [-0.1, -0.05) is 79.7 Å². The summed E-state index contributed by atoms with van der Waals surface area (Å²) < 4.78 is 0. The van der Waals surface area contributed by atoms with E-state index in [1.807, 2.05) is 79.7 Å². The second-order valence-electron chi connectivity index (χ2n) is 12.2. The van der Waals surface area contributed by atoms with Crippen molar-refractivity contribution in [2.75, 3.05) is 0 Å². The van der Waals surface area contributed by atoms with E-state index < -0.39 is 11.9 Å². The number of aromatic hydroxyl groups is 2. The average molecular weight is 499 g/mol. The number of phenols is 2. The van der Waals surface area contributed by atoms with E-state index in [2.05, 4.69) is 0 Å². The second kappa shape index (κ2) is 10.9. The second-order valence-corrected chi connectivity index (χ2v) is 12.2. The van der Waals surface area contributed by atoms with Crippen molar-refractivity contribution >= 4 is 11.9 Å². The Hall–Kier alpha value is -3.02. The smallest absolute Gasteiger partial charge is 0.303 e. The molecule has 0 fully saturated rings. The maximum absolute atomic E-state index is 11.5. The minimum absolute atomic E-state index is 0.0214. The van der Waals surface area contributed by atoms with Crippen molar-refractivity contribution in [1.82, 2.24) is 0 Å². The zero-order chi connectivity index (χ0) is 27.6. The van der Waals surface area contributed by atoms with E-state index in [9.17, 15) is 30.0 Å². The van der Waals surface area contributed by atoms with E-state index >= 15 is 0 Å². The van der Waals surface area contributed by atoms with Crippen molar-refractivity contribution in [3.8, 4) is 11.5 Å². The molecule has 2 aromatic rings. The molecule has 0 amide bonds. The van der Waals surface area contributed by atoms with Gasteiger partial charge in [-0.25, -0.2) is 0 Å². The quantitative estimate of drug-likeness (QED) is 0.313. The van der Waals surface area contributed by atoms with E-state index in [1.165, 1.54) is 0 Å². The Morgan fingerprint density at radius 1 is 0.694 bits per heavy atom. The maximum Gasteiger partial charge on any atom is 0.303 e. The van der Waals surface area contributed by atoms with E-state index in [-0.39, 0.29) is 47.0 Å². The van der Waals surface area contributed by atoms with Gasteiger partial charge in [0.05, 0.1) is 0 Å². The minimum atomic E-state index is -0.888. The number of hydrogen-bond acceptors (Lipinski definition) is 4. The van der Waals surface area contributed by atoms with E-state index in [4.69, 9.17) is 0 Å². The zero-order valence-corrected chi connectivity index (χ0v) is 22.9. The third-order valence-corrected chi connectivity index (χ3v) is 6.61. The molecular weight excluding hydrogens is 456 g/mol. The average Bonchev–Trinajstić information content (AvgIpc) is 2.72. The molecule has 0 aliphatic rings. The number of phenolic OH excluding ortho intramolecular Hbond substituents is 2. The van der Waals surface area contributed by atoms with E-state index in [0.717, 1.165) is 22.3 Å². The molecule has 0 saturated carbocycles. The van der Waals surface area contributed by atoms with Gasteiger partial charge in [0.15, 0.2) is 0 Å². The molecule has 0 aliphatic carbocycles. The lowest BCUT2D eigenvalue weighted by molar-refractivity contribution is -0.138. The van der Waals surface area contributed by atoms with Crippen LogP contribution in [0.5, 0.6) is 11.5 Å². The summed E-state index contributed by atoms with van der Waals surface area (Å²) in [6, 6.07) is 7.47. The van der Waals surface area contributed by atoms with Crippen molar-refractivity contribution in [3.05, 3.63) is 57.6 Å². The summed E-state index contributed by atoms with van der Waals surface area (Å²) >= 11 is 0. The summed E-state index contributed by atoms with van der Waals surface area (Å²) in [5.41, 5.74) is 3.60. The Kier molecular flexibility index (Phi) is 8.87. The molecule has 2 rings (SSSR count). The van der Waals surface area contributed by atoms with Crippen LogP contribution in [0, 0.1) is 5.92 Å². The van der Waals surface area contributed by atoms with Gasteiger partial charge >= 0.3 is 11.9 Å². The van der Waals surface area contributed by atoms with Gasteiger partial charge in [0.1, 0.15) is 11.5 Å². The van der Waals surface area contributed by atoms with Gasteiger partial charge in [0.25, 0.3) is 0 Å². The van der Waals surface area contributed by atoms with Crippen LogP contribution in [0.25, 0.3) is 0 Å². The highest BCUT2D eigenvalue weighted by Crippen LogP contribution is 2.47. The highest BCUT2D eigenvalue weighted by Gasteiger charge is 2.31. The Bertz CT molecular complexity index is 1030. The fraction of sp³-hybridized carbons (Fsp3) is 0.533. The molecule has 0 aromatic heterocycles. The first-order valence-electron chi connectivity index (χ1n) is 12.6. The van der Waals surface area contributed by atoms with E-state index in [0.29, 0.717) is 24.0 Å². The topological polar surface area (TPSA) is 115 Å². The summed E-state index contributed by atoms with van der Waals surface area (Å²) in [5, 5.41) is 41.5. The summed E-state index contributed by atoms with van der Waals surface area (Å²) in [5.74, 6) is -1.89. The molecule has 4 N–H and O–H groups in total. The number of carbonyl (C=O) groups is 2. The zero-order valence-electron chi connectivity index (χ0n) is 22.9. The van der Waals surface area contributed by atoms with Gasteiger partial charge in [-0.3, -0.25) is 9.59 Å². The standard InChI is InChI=1S/C30H42O6/c1-17(2)26(20-13-18(9-11-24(31)32)15-22(27(20)35)29(3,4)5)21-14-19(10-12-25(33)34)16-23(28(21)36)30(6,7)8/h13-17,26,35-36H,9-12H2,1-8H3,(H,31,32)(H,33,34). The van der Waals surface area contributed by atoms with Crippen molar-refractivity contribution in [1.29, 1.82) is 0 Å². The van der Waals surface area contributed by atoms with Gasteiger partial charge < -0.3 is 20.4 Å². The Morgan fingerprint density at radius 3 is 1.28 bits per heavy atom. The first-order valence-corrected chi connectivity index (χ1v) is 12.6. The first kappa shape index (κ1) is 29.2. The van der Waals surface area contributed by atoms with Gasteiger partial charge in [0.2, 0.25) is 0 Å². The summed E-state index contributed by atoms with van der Waals surface area (Å²) in [6.45, 7) is 16.0. The number of hydrogen-bond donors (Lipinski definition) is 4. The van der Waals surface area contributed by atoms with Crippen molar-refractivity contribution in [2.24, 2.45) is 5.92 Å². The van der Waals surface area contributed by atoms with Crippen LogP contribution in [0.1, 0.15) is 108 Å². The van der Waals surface area contributed by atoms with Crippen LogP contribution in [0.4, 0.5) is 0 Å². The molecule has 0 bridgehead atoms. The van der Waals surface area contributed by atoms with Gasteiger partial charge in [-0.05, 0) is 51.8 Å². The SMILES string of the molecule is CC(C)C(c1cc(CCC(=O)O)cc(C(C)(C)C)c1O)c1cc(CCC(=O)O)cc(C(C)(C)C)c1O. The van der Waals surface area contributed by atoms with Crippen LogP contribution in [0.2, 0.25) is 0 Å². The molecule has 0 atom stereocenters. The minimum Gasteiger partial charge on any atom is -0.507 e. The van der Waals surface area contributed by atoms with Crippen LogP contribution in [0.3, 0.4) is 0 Å². The predicted octanol–water partition coefficient (Wildman–Crippen LogP) is 6.52. The number of carboxylic acid groups (broad SMARTS) is 2. The lowest BCUT2D eigenvalue weighted by atomic mass is 9.74. The molecule has 198 valence electrons. The van der Waals surface area contributed by atoms with Gasteiger partial charge in [-0.15, -0.1) is 0 Å². The van der Waals surface area contributed by atoms with Gasteiger partial charge in [-0.2, -0.15) is 0 Å². The van der Waals surface area contributed by atoms with E-state index in [1.54, 1.807) is 0 Å². The molecule has 0 saturated heterocycles. The number of aliphatic carboxylic acids is 2. The van der Waals surface area contributed by atoms with Crippen LogP contribution in [-0.4, -0.2) is 32.4 Å². The third-order valence-electron chi connectivity index (χ3n) is 6.61. The number of benzene rings is 2. The normalized spacial score (nSPS) is 12.4. The fourth-order valence-corrected chi connectivity index (χ4v) is 4.73. The van der Waals surface area contributed by atoms with Crippen LogP contribution >= 0.6 is 0 Å². The van der Waals surface area contributed by atoms with Crippen LogP contribution < -0.4 is 0 Å². The van der Waals surface area contributed by atoms with Crippen molar-refractivity contribution in [2.45, 2.75) is 97.8 Å². The first-order chi connectivity index (χ1) is 16.4. The predicted molar refractivity (Wildman–Crippen MR) is 142 cm³/mol. The molecule has 0 heterocycles. The number of carboxylic acids is 2. The van der Waals surface area contributed by atoms with Crippen molar-refractivity contribution < 1.29 is 30.0 Å². The van der Waals surface area contributed by atoms with Crippen LogP contribution in [0.15, 0.2) is 24.3 Å². The Balaban J connectivity index is 2.86. The molecule has 0 radical (unpaired) electrons. The summed E-state index contributed by atoms with van der Waals surface area (Å²) in [4.78, 5) is 22.5. The van der Waals surface area contributed by atoms with Gasteiger partial charge in [0, 0.05) is 29.9 Å². The highest BCUT2D eigenvalue weighted by atomic mass is 16.4. The van der Waals surface area contributed by atoms with Crippen LogP contribution in [-0.2, 0) is 33.3 Å². The number of rotatable bonds is 9. The third kappa shape index (κ3) is 7.02. The molecule has 6 nitrogen and oxygen atoms in total. The fourth-order valence-electron chi connectivity index (χ4n) is 4.73. The Labute approximate surface area is 215 Å². The lowest BCUT2D eigenvalue weighted by Gasteiger charge is -2.31. The molecule has 6 heteroatoms. The molecule has 0 aliphatic heterocycles. The largest absolute Gasteiger partial charge is 0.507 e. The lowest BCUT2D eigenvalue weighted by Crippen LogP contribution is -2.18. The molecule has 2 aromatic carbocycles. The maximum atomic E-state index is 11.5. The van der Waals surface area contributed by atoms with Crippen molar-refractivity contribution in [3.63, 3.8) is 0 Å². The highest BCUT2D eigenvalue weighted by molar-refractivity contribution is 5.68. The number of aryl methyl sites for hydroxylation is 2. The monoisotopic (exact) mass is 498 g/mol. The summed E-state index contributed by atoms with van der Waals surface area (Å²) in [6.07, 6.45) is 0.608. The Morgan fingerprint density at radius 2 is 1.03 bits per heavy atom. The summed E-state index contributed by atoms with van der Waals surface area (Å²) in [7, 11) is 0.